The largest absolute Gasteiger partial charge is 0.405 e. The fraction of sp³-hybridized carbons (Fsp3) is 0.538. The lowest BCUT2D eigenvalue weighted by Crippen LogP contribution is -2.70. The smallest absolute Gasteiger partial charge is 0.329 e. The summed E-state index contributed by atoms with van der Waals surface area (Å²) < 4.78 is 64.9. The van der Waals surface area contributed by atoms with E-state index in [2.05, 4.69) is 20.8 Å². The van der Waals surface area contributed by atoms with E-state index in [0.29, 0.717) is 0 Å². The molecular weight excluding hydrogens is 516 g/mol. The van der Waals surface area contributed by atoms with E-state index in [-0.39, 0.29) is 11.6 Å². The zero-order valence-corrected chi connectivity index (χ0v) is 23.8. The number of aliphatic hydroxyl groups excluding tert-OH is 1. The molecule has 204 valence electrons. The molecule has 4 rings (SSSR count). The fourth-order valence-electron chi connectivity index (χ4n) is 5.48. The Morgan fingerprint density at radius 2 is 1.41 bits per heavy atom. The van der Waals surface area contributed by atoms with Crippen LogP contribution in [0.15, 0.2) is 60.7 Å². The first-order valence-corrected chi connectivity index (χ1v) is 15.5. The van der Waals surface area contributed by atoms with Crippen molar-refractivity contribution in [1.29, 1.82) is 0 Å². The first-order valence-electron chi connectivity index (χ1n) is 12.2. The van der Waals surface area contributed by atoms with Crippen molar-refractivity contribution in [2.45, 2.75) is 75.0 Å². The average molecular weight is 553 g/mol. The van der Waals surface area contributed by atoms with Crippen LogP contribution >= 0.6 is 0 Å². The lowest BCUT2D eigenvalue weighted by atomic mass is 9.99. The van der Waals surface area contributed by atoms with Crippen LogP contribution in [0.2, 0.25) is 5.04 Å². The number of rotatable bonds is 7. The molecule has 2 aliphatic rings. The molecule has 2 N–H and O–H groups in total. The SMILES string of the molecule is CO[C@]1(S(=O)(=O)O)O[C@H](CO[Si](c2ccccc2)(c2ccccc2)C(C)(C)C)[C@@H]2OC(C)(C)O[C@@H]2[C@H]1O. The van der Waals surface area contributed by atoms with Gasteiger partial charge < -0.3 is 28.5 Å². The van der Waals surface area contributed by atoms with Gasteiger partial charge in [-0.05, 0) is 29.3 Å². The molecule has 2 heterocycles. The second kappa shape index (κ2) is 9.81. The molecule has 37 heavy (non-hydrogen) atoms. The Morgan fingerprint density at radius 1 is 0.919 bits per heavy atom. The van der Waals surface area contributed by atoms with E-state index >= 15 is 0 Å². The van der Waals surface area contributed by atoms with Gasteiger partial charge in [0.15, 0.2) is 11.9 Å². The van der Waals surface area contributed by atoms with Gasteiger partial charge in [0.25, 0.3) is 8.32 Å². The van der Waals surface area contributed by atoms with Crippen molar-refractivity contribution in [1.82, 2.24) is 0 Å². The predicted molar refractivity (Wildman–Crippen MR) is 140 cm³/mol. The van der Waals surface area contributed by atoms with Gasteiger partial charge in [-0.1, -0.05) is 81.4 Å². The topological polar surface area (TPSA) is 121 Å². The Bertz CT molecular complexity index is 1140. The molecule has 0 radical (unpaired) electrons. The second-order valence-corrected chi connectivity index (χ2v) is 16.7. The normalized spacial score (nSPS) is 30.2. The van der Waals surface area contributed by atoms with E-state index < -0.39 is 53.8 Å². The lowest BCUT2D eigenvalue weighted by molar-refractivity contribution is -0.301. The monoisotopic (exact) mass is 552 g/mol. The summed E-state index contributed by atoms with van der Waals surface area (Å²) in [7, 11) is -7.04. The van der Waals surface area contributed by atoms with Gasteiger partial charge in [-0.15, -0.1) is 0 Å². The summed E-state index contributed by atoms with van der Waals surface area (Å²) in [6, 6.07) is 19.9. The zero-order valence-electron chi connectivity index (χ0n) is 22.0. The standard InChI is InChI=1S/C26H36O9SSi/c1-24(2,3)37(18-13-9-7-10-14-18,19-15-11-8-12-16-19)32-17-20-21-22(35-25(4,5)34-21)23(27)26(31-6,33-20)36(28,29)30/h7-16,20-23,27H,17H2,1-6H3,(H,28,29,30)/t20-,21+,22+,23-,26+/m1/s1. The highest BCUT2D eigenvalue weighted by Gasteiger charge is 2.67. The number of ether oxygens (including phenoxy) is 4. The number of aliphatic hydroxyl groups is 1. The maximum Gasteiger partial charge on any atom is 0.329 e. The predicted octanol–water partition coefficient (Wildman–Crippen LogP) is 2.03. The van der Waals surface area contributed by atoms with Crippen molar-refractivity contribution in [3.8, 4) is 0 Å². The molecule has 2 saturated heterocycles. The van der Waals surface area contributed by atoms with Gasteiger partial charge in [0.2, 0.25) is 0 Å². The molecule has 11 heteroatoms. The van der Waals surface area contributed by atoms with Crippen LogP contribution in [0.5, 0.6) is 0 Å². The molecular formula is C26H36O9SSi. The Hall–Kier alpha value is -1.67. The van der Waals surface area contributed by atoms with E-state index in [9.17, 15) is 18.1 Å². The summed E-state index contributed by atoms with van der Waals surface area (Å²) >= 11 is 0. The van der Waals surface area contributed by atoms with Crippen LogP contribution in [0.1, 0.15) is 34.6 Å². The molecule has 2 aliphatic heterocycles. The van der Waals surface area contributed by atoms with E-state index in [1.54, 1.807) is 13.8 Å². The summed E-state index contributed by atoms with van der Waals surface area (Å²) in [5.74, 6) is -1.14. The van der Waals surface area contributed by atoms with Crippen LogP contribution in [-0.2, 0) is 33.5 Å². The summed E-state index contributed by atoms with van der Waals surface area (Å²) in [6.45, 7) is 9.54. The van der Waals surface area contributed by atoms with Crippen LogP contribution in [0.3, 0.4) is 0 Å². The number of hydrogen-bond donors (Lipinski definition) is 2. The Morgan fingerprint density at radius 3 is 1.84 bits per heavy atom. The van der Waals surface area contributed by atoms with Gasteiger partial charge in [0.05, 0.1) is 6.61 Å². The first-order chi connectivity index (χ1) is 17.2. The fourth-order valence-corrected chi connectivity index (χ4v) is 10.9. The van der Waals surface area contributed by atoms with Crippen LogP contribution < -0.4 is 10.4 Å². The van der Waals surface area contributed by atoms with Crippen LogP contribution in [-0.4, -0.2) is 75.4 Å². The van der Waals surface area contributed by atoms with E-state index in [1.165, 1.54) is 0 Å². The summed E-state index contributed by atoms with van der Waals surface area (Å²) in [4.78, 5) is 0. The van der Waals surface area contributed by atoms with Crippen molar-refractivity contribution in [3.63, 3.8) is 0 Å². The molecule has 5 atom stereocenters. The summed E-state index contributed by atoms with van der Waals surface area (Å²) in [6.07, 6.45) is -4.96. The number of fused-ring (bicyclic) bond motifs is 1. The molecule has 2 aromatic carbocycles. The van der Waals surface area contributed by atoms with Crippen molar-refractivity contribution in [3.05, 3.63) is 60.7 Å². The highest BCUT2D eigenvalue weighted by atomic mass is 32.2. The number of hydrogen-bond acceptors (Lipinski definition) is 8. The maximum absolute atomic E-state index is 12.5. The van der Waals surface area contributed by atoms with Gasteiger partial charge in [0.1, 0.15) is 18.3 Å². The molecule has 0 unspecified atom stereocenters. The van der Waals surface area contributed by atoms with Gasteiger partial charge in [-0.3, -0.25) is 4.55 Å². The zero-order chi connectivity index (χ0) is 27.3. The molecule has 0 amide bonds. The highest BCUT2D eigenvalue weighted by Crippen LogP contribution is 2.44. The van der Waals surface area contributed by atoms with E-state index in [1.807, 2.05) is 60.7 Å². The third kappa shape index (κ3) is 4.81. The van der Waals surface area contributed by atoms with Crippen molar-refractivity contribution in [2.24, 2.45) is 0 Å². The minimum absolute atomic E-state index is 0.110. The lowest BCUT2D eigenvalue weighted by Gasteiger charge is -2.47. The average Bonchev–Trinajstić information content (AvgIpc) is 3.16. The number of benzene rings is 2. The molecule has 9 nitrogen and oxygen atoms in total. The Labute approximate surface area is 219 Å². The highest BCUT2D eigenvalue weighted by molar-refractivity contribution is 7.87. The summed E-state index contributed by atoms with van der Waals surface area (Å²) in [5.41, 5.74) is 0. The minimum Gasteiger partial charge on any atom is -0.405 e. The molecule has 2 fully saturated rings. The van der Waals surface area contributed by atoms with Crippen LogP contribution in [0, 0.1) is 0 Å². The quantitative estimate of drug-likeness (QED) is 0.393. The second-order valence-electron chi connectivity index (χ2n) is 10.9. The van der Waals surface area contributed by atoms with Crippen LogP contribution in [0.25, 0.3) is 0 Å². The van der Waals surface area contributed by atoms with Crippen molar-refractivity contribution < 1.29 is 41.5 Å². The van der Waals surface area contributed by atoms with Gasteiger partial charge in [-0.25, -0.2) is 0 Å². The maximum atomic E-state index is 12.5. The third-order valence-corrected chi connectivity index (χ3v) is 13.3. The van der Waals surface area contributed by atoms with Gasteiger partial charge in [0, 0.05) is 7.11 Å². The van der Waals surface area contributed by atoms with E-state index in [0.717, 1.165) is 17.5 Å². The molecule has 2 aromatic rings. The minimum atomic E-state index is -5.06. The van der Waals surface area contributed by atoms with Gasteiger partial charge in [-0.2, -0.15) is 8.42 Å². The molecule has 0 spiro atoms. The molecule has 0 aromatic heterocycles. The number of methoxy groups -OCH3 is 1. The third-order valence-electron chi connectivity index (χ3n) is 7.04. The molecule has 0 saturated carbocycles. The van der Waals surface area contributed by atoms with Gasteiger partial charge >= 0.3 is 15.2 Å². The van der Waals surface area contributed by atoms with Crippen LogP contribution in [0.4, 0.5) is 0 Å². The van der Waals surface area contributed by atoms with Crippen molar-refractivity contribution in [2.75, 3.05) is 13.7 Å². The molecule has 0 aliphatic carbocycles. The Balaban J connectivity index is 1.80. The van der Waals surface area contributed by atoms with Crippen molar-refractivity contribution >= 4 is 28.8 Å². The Kier molecular flexibility index (Phi) is 7.52. The first kappa shape index (κ1) is 28.3. The van der Waals surface area contributed by atoms with E-state index in [4.69, 9.17) is 23.4 Å². The molecule has 0 bridgehead atoms. The summed E-state index contributed by atoms with van der Waals surface area (Å²) in [5, 5.41) is 9.90.